The molecule has 0 aliphatic heterocycles. The average molecular weight is 416 g/mol. The lowest BCUT2D eigenvalue weighted by Crippen LogP contribution is -2.31. The van der Waals surface area contributed by atoms with E-state index in [1.54, 1.807) is 0 Å². The van der Waals surface area contributed by atoms with Crippen molar-refractivity contribution in [3.05, 3.63) is 65.7 Å². The van der Waals surface area contributed by atoms with Crippen molar-refractivity contribution in [2.75, 3.05) is 18.4 Å². The standard InChI is InChI=1S/C20H25N4O4P/c1-14(16-7-9-17(10-8-16)19-23-20(21)24-28-19)22-11-18(25)13-29(26,27)12-15-5-3-2-4-6-15/h2-10,14,18,22,25H,11-13H2,1H3,(H2,21,24)(H,26,27)/t14?,18-/m1/s1. The molecule has 1 heterocycles. The third kappa shape index (κ3) is 6.24. The summed E-state index contributed by atoms with van der Waals surface area (Å²) in [7, 11) is -3.46. The number of anilines is 1. The first-order valence-electron chi connectivity index (χ1n) is 9.28. The lowest BCUT2D eigenvalue weighted by atomic mass is 10.1. The number of aromatic nitrogens is 2. The monoisotopic (exact) mass is 416 g/mol. The molecule has 0 aliphatic rings. The predicted molar refractivity (Wildman–Crippen MR) is 111 cm³/mol. The third-order valence-electron chi connectivity index (χ3n) is 4.53. The summed E-state index contributed by atoms with van der Waals surface area (Å²) in [5.74, 6) is 0.434. The largest absolute Gasteiger partial charge is 0.391 e. The van der Waals surface area contributed by atoms with Crippen molar-refractivity contribution in [3.63, 3.8) is 0 Å². The maximum atomic E-state index is 12.4. The molecule has 0 saturated carbocycles. The van der Waals surface area contributed by atoms with Crippen LogP contribution in [-0.4, -0.2) is 39.0 Å². The summed E-state index contributed by atoms with van der Waals surface area (Å²) in [4.78, 5) is 14.2. The Balaban J connectivity index is 1.50. The molecule has 154 valence electrons. The average Bonchev–Trinajstić information content (AvgIpc) is 3.12. The molecule has 0 bridgehead atoms. The molecule has 9 heteroatoms. The Hall–Kier alpha value is -2.51. The highest BCUT2D eigenvalue weighted by atomic mass is 31.2. The Labute approximate surface area is 169 Å². The molecule has 3 atom stereocenters. The van der Waals surface area contributed by atoms with Gasteiger partial charge >= 0.3 is 0 Å². The number of hydrogen-bond acceptors (Lipinski definition) is 7. The van der Waals surface area contributed by atoms with Gasteiger partial charge in [-0.25, -0.2) is 0 Å². The fraction of sp³-hybridized carbons (Fsp3) is 0.300. The van der Waals surface area contributed by atoms with E-state index in [1.165, 1.54) is 0 Å². The van der Waals surface area contributed by atoms with Gasteiger partial charge in [0.15, 0.2) is 0 Å². The Morgan fingerprint density at radius 3 is 2.48 bits per heavy atom. The SMILES string of the molecule is CC(NC[C@@H](O)CP(=O)(O)Cc1ccccc1)c1ccc(-c2nc(N)no2)cc1. The smallest absolute Gasteiger partial charge is 0.261 e. The highest BCUT2D eigenvalue weighted by molar-refractivity contribution is 7.57. The van der Waals surface area contributed by atoms with E-state index >= 15 is 0 Å². The van der Waals surface area contributed by atoms with Gasteiger partial charge < -0.3 is 25.6 Å². The Kier molecular flexibility index (Phi) is 6.82. The van der Waals surface area contributed by atoms with Crippen LogP contribution in [0.15, 0.2) is 59.1 Å². The van der Waals surface area contributed by atoms with Crippen molar-refractivity contribution in [1.82, 2.24) is 15.5 Å². The molecule has 0 saturated heterocycles. The van der Waals surface area contributed by atoms with E-state index in [1.807, 2.05) is 61.5 Å². The van der Waals surface area contributed by atoms with Crippen LogP contribution in [0.1, 0.15) is 24.1 Å². The van der Waals surface area contributed by atoms with Crippen LogP contribution >= 0.6 is 7.37 Å². The third-order valence-corrected chi connectivity index (χ3v) is 6.38. The van der Waals surface area contributed by atoms with Crippen molar-refractivity contribution in [1.29, 1.82) is 0 Å². The summed E-state index contributed by atoms with van der Waals surface area (Å²) < 4.78 is 17.5. The number of nitrogens with zero attached hydrogens (tertiary/aromatic N) is 2. The van der Waals surface area contributed by atoms with Gasteiger partial charge in [0.25, 0.3) is 11.8 Å². The van der Waals surface area contributed by atoms with E-state index in [-0.39, 0.29) is 30.9 Å². The minimum absolute atomic E-state index is 0.0568. The molecule has 5 N–H and O–H groups in total. The van der Waals surface area contributed by atoms with E-state index in [0.29, 0.717) is 5.89 Å². The Bertz CT molecular complexity index is 962. The van der Waals surface area contributed by atoms with E-state index < -0.39 is 13.5 Å². The molecule has 2 unspecified atom stereocenters. The second kappa shape index (κ2) is 9.33. The first kappa shape index (κ1) is 21.2. The summed E-state index contributed by atoms with van der Waals surface area (Å²) in [5.41, 5.74) is 8.00. The van der Waals surface area contributed by atoms with Crippen molar-refractivity contribution in [3.8, 4) is 11.5 Å². The summed E-state index contributed by atoms with van der Waals surface area (Å²) in [6.07, 6.45) is -1.01. The Morgan fingerprint density at radius 1 is 1.17 bits per heavy atom. The molecular formula is C20H25N4O4P. The molecule has 0 fully saturated rings. The van der Waals surface area contributed by atoms with E-state index in [0.717, 1.165) is 16.7 Å². The van der Waals surface area contributed by atoms with Crippen molar-refractivity contribution >= 4 is 13.3 Å². The van der Waals surface area contributed by atoms with Gasteiger partial charge in [-0.15, -0.1) is 0 Å². The number of rotatable bonds is 9. The number of hydrogen-bond donors (Lipinski definition) is 4. The van der Waals surface area contributed by atoms with E-state index in [9.17, 15) is 14.6 Å². The number of aliphatic hydroxyl groups excluding tert-OH is 1. The normalized spacial score (nSPS) is 15.6. The molecule has 2 aromatic carbocycles. The molecule has 3 aromatic rings. The number of aliphatic hydroxyl groups is 1. The highest BCUT2D eigenvalue weighted by Gasteiger charge is 2.23. The van der Waals surface area contributed by atoms with Crippen LogP contribution in [0.5, 0.6) is 0 Å². The van der Waals surface area contributed by atoms with Gasteiger partial charge in [0, 0.05) is 24.3 Å². The van der Waals surface area contributed by atoms with Crippen LogP contribution in [0, 0.1) is 0 Å². The summed E-state index contributed by atoms with van der Waals surface area (Å²) in [6.45, 7) is 2.16. The number of nitrogens with one attached hydrogen (secondary N) is 1. The quantitative estimate of drug-likeness (QED) is 0.391. The van der Waals surface area contributed by atoms with Gasteiger partial charge in [0.1, 0.15) is 0 Å². The molecule has 0 radical (unpaired) electrons. The topological polar surface area (TPSA) is 134 Å². The van der Waals surface area contributed by atoms with Crippen LogP contribution in [-0.2, 0) is 10.7 Å². The zero-order chi connectivity index (χ0) is 20.9. The van der Waals surface area contributed by atoms with Gasteiger partial charge in [-0.05, 0) is 35.3 Å². The van der Waals surface area contributed by atoms with Gasteiger partial charge in [-0.1, -0.05) is 42.5 Å². The van der Waals surface area contributed by atoms with Crippen LogP contribution in [0.4, 0.5) is 5.95 Å². The predicted octanol–water partition coefficient (Wildman–Crippen LogP) is 2.80. The van der Waals surface area contributed by atoms with Crippen molar-refractivity contribution in [2.45, 2.75) is 25.2 Å². The van der Waals surface area contributed by atoms with Gasteiger partial charge in [-0.2, -0.15) is 4.98 Å². The van der Waals surface area contributed by atoms with Crippen LogP contribution < -0.4 is 11.1 Å². The zero-order valence-electron chi connectivity index (χ0n) is 16.1. The number of benzene rings is 2. The maximum Gasteiger partial charge on any atom is 0.261 e. The second-order valence-electron chi connectivity index (χ2n) is 7.04. The second-order valence-corrected chi connectivity index (χ2v) is 9.41. The molecule has 29 heavy (non-hydrogen) atoms. The molecule has 0 aliphatic carbocycles. The van der Waals surface area contributed by atoms with Crippen LogP contribution in [0.3, 0.4) is 0 Å². The minimum Gasteiger partial charge on any atom is -0.391 e. The first-order chi connectivity index (χ1) is 13.8. The number of nitrogens with two attached hydrogens (primary N) is 1. The lowest BCUT2D eigenvalue weighted by Gasteiger charge is -2.20. The van der Waals surface area contributed by atoms with E-state index in [4.69, 9.17) is 10.3 Å². The minimum atomic E-state index is -3.46. The summed E-state index contributed by atoms with van der Waals surface area (Å²) in [6, 6.07) is 16.6. The molecule has 3 rings (SSSR count). The van der Waals surface area contributed by atoms with Crippen molar-refractivity contribution < 1.29 is 19.1 Å². The van der Waals surface area contributed by atoms with Crippen molar-refractivity contribution in [2.24, 2.45) is 0 Å². The van der Waals surface area contributed by atoms with Crippen LogP contribution in [0.2, 0.25) is 0 Å². The lowest BCUT2D eigenvalue weighted by molar-refractivity contribution is 0.186. The highest BCUT2D eigenvalue weighted by Crippen LogP contribution is 2.44. The first-order valence-corrected chi connectivity index (χ1v) is 11.3. The van der Waals surface area contributed by atoms with E-state index in [2.05, 4.69) is 15.5 Å². The summed E-state index contributed by atoms with van der Waals surface area (Å²) >= 11 is 0. The molecule has 0 spiro atoms. The molecule has 8 nitrogen and oxygen atoms in total. The van der Waals surface area contributed by atoms with Gasteiger partial charge in [-0.3, -0.25) is 4.57 Å². The fourth-order valence-electron chi connectivity index (χ4n) is 3.02. The maximum absolute atomic E-state index is 12.4. The molecule has 1 aromatic heterocycles. The number of nitrogen functional groups attached to an aromatic ring is 1. The van der Waals surface area contributed by atoms with Gasteiger partial charge in [0.2, 0.25) is 7.37 Å². The fourth-order valence-corrected chi connectivity index (χ4v) is 4.72. The van der Waals surface area contributed by atoms with Crippen LogP contribution in [0.25, 0.3) is 11.5 Å². The Morgan fingerprint density at radius 2 is 1.86 bits per heavy atom. The zero-order valence-corrected chi connectivity index (χ0v) is 17.0. The summed E-state index contributed by atoms with van der Waals surface area (Å²) in [5, 5.41) is 17.0. The molecule has 0 amide bonds. The van der Waals surface area contributed by atoms with Gasteiger partial charge in [0.05, 0.1) is 12.3 Å². The molecular weight excluding hydrogens is 391 g/mol.